The first-order valence-corrected chi connectivity index (χ1v) is 6.54. The molecule has 0 spiro atoms. The smallest absolute Gasteiger partial charge is 0.142 e. The Balaban J connectivity index is 2.38. The van der Waals surface area contributed by atoms with Gasteiger partial charge in [-0.1, -0.05) is 6.07 Å². The normalized spacial score (nSPS) is 12.0. The molecule has 0 amide bonds. The lowest BCUT2D eigenvalue weighted by atomic mass is 10.0. The molecule has 1 atom stereocenters. The summed E-state index contributed by atoms with van der Waals surface area (Å²) in [5.74, 6) is 1.45. The average molecular weight is 323 g/mol. The van der Waals surface area contributed by atoms with Crippen LogP contribution in [-0.2, 0) is 0 Å². The van der Waals surface area contributed by atoms with Crippen LogP contribution in [0.15, 0.2) is 41.0 Å². The number of aromatic nitrogens is 1. The zero-order valence-corrected chi connectivity index (χ0v) is 12.3. The van der Waals surface area contributed by atoms with Crippen LogP contribution in [0.2, 0.25) is 0 Å². The highest BCUT2D eigenvalue weighted by Gasteiger charge is 2.16. The van der Waals surface area contributed by atoms with Crippen molar-refractivity contribution >= 4 is 15.9 Å². The zero-order chi connectivity index (χ0) is 13.8. The second-order valence-electron chi connectivity index (χ2n) is 3.96. The predicted octanol–water partition coefficient (Wildman–Crippen LogP) is 2.91. The fourth-order valence-corrected chi connectivity index (χ4v) is 2.40. The summed E-state index contributed by atoms with van der Waals surface area (Å²) >= 11 is 3.45. The van der Waals surface area contributed by atoms with Gasteiger partial charge in [0.15, 0.2) is 0 Å². The number of hydrogen-bond donors (Lipinski definition) is 1. The number of benzene rings is 1. The Morgan fingerprint density at radius 3 is 2.53 bits per heavy atom. The van der Waals surface area contributed by atoms with Crippen molar-refractivity contribution in [1.29, 1.82) is 0 Å². The monoisotopic (exact) mass is 322 g/mol. The maximum absolute atomic E-state index is 6.25. The van der Waals surface area contributed by atoms with E-state index in [2.05, 4.69) is 20.9 Å². The Bertz CT molecular complexity index is 575. The van der Waals surface area contributed by atoms with Gasteiger partial charge in [0.25, 0.3) is 0 Å². The molecule has 2 N–H and O–H groups in total. The van der Waals surface area contributed by atoms with Crippen molar-refractivity contribution < 1.29 is 9.47 Å². The lowest BCUT2D eigenvalue weighted by molar-refractivity contribution is 0.404. The number of methoxy groups -OCH3 is 2. The van der Waals surface area contributed by atoms with Crippen LogP contribution in [0.1, 0.15) is 17.3 Å². The summed E-state index contributed by atoms with van der Waals surface area (Å²) in [5.41, 5.74) is 7.89. The second kappa shape index (κ2) is 6.04. The molecule has 0 aliphatic carbocycles. The standard InChI is InChI=1S/C14H15BrN2O2/c1-18-11-6-5-9(8-10(11)15)13(16)14-12(19-2)4-3-7-17-14/h3-8,13H,16H2,1-2H3. The molecule has 0 aliphatic heterocycles. The SMILES string of the molecule is COc1ccc(C(N)c2ncccc2OC)cc1Br. The van der Waals surface area contributed by atoms with E-state index in [1.54, 1.807) is 20.4 Å². The van der Waals surface area contributed by atoms with Crippen LogP contribution in [0.5, 0.6) is 11.5 Å². The van der Waals surface area contributed by atoms with Crippen molar-refractivity contribution in [3.63, 3.8) is 0 Å². The molecule has 0 aliphatic rings. The van der Waals surface area contributed by atoms with E-state index in [4.69, 9.17) is 15.2 Å². The van der Waals surface area contributed by atoms with Gasteiger partial charge in [0.2, 0.25) is 0 Å². The summed E-state index contributed by atoms with van der Waals surface area (Å²) in [5, 5.41) is 0. The number of pyridine rings is 1. The van der Waals surface area contributed by atoms with Gasteiger partial charge in [-0.2, -0.15) is 0 Å². The van der Waals surface area contributed by atoms with Gasteiger partial charge >= 0.3 is 0 Å². The maximum atomic E-state index is 6.25. The molecule has 100 valence electrons. The molecule has 1 aromatic heterocycles. The first kappa shape index (κ1) is 13.8. The Kier molecular flexibility index (Phi) is 4.39. The summed E-state index contributed by atoms with van der Waals surface area (Å²) in [6.07, 6.45) is 1.70. The zero-order valence-electron chi connectivity index (χ0n) is 10.8. The van der Waals surface area contributed by atoms with Gasteiger partial charge in [-0.25, -0.2) is 0 Å². The summed E-state index contributed by atoms with van der Waals surface area (Å²) in [7, 11) is 3.23. The molecule has 1 aromatic carbocycles. The quantitative estimate of drug-likeness (QED) is 0.940. The number of nitrogens with zero attached hydrogens (tertiary/aromatic N) is 1. The van der Waals surface area contributed by atoms with Gasteiger partial charge in [-0.05, 0) is 45.8 Å². The lowest BCUT2D eigenvalue weighted by Gasteiger charge is -2.15. The minimum Gasteiger partial charge on any atom is -0.496 e. The Labute approximate surface area is 120 Å². The number of rotatable bonds is 4. The lowest BCUT2D eigenvalue weighted by Crippen LogP contribution is -2.14. The molecule has 19 heavy (non-hydrogen) atoms. The fraction of sp³-hybridized carbons (Fsp3) is 0.214. The summed E-state index contributed by atoms with van der Waals surface area (Å²) in [4.78, 5) is 4.30. The summed E-state index contributed by atoms with van der Waals surface area (Å²) in [6, 6.07) is 9.03. The Hall–Kier alpha value is -1.59. The van der Waals surface area contributed by atoms with E-state index in [-0.39, 0.29) is 6.04 Å². The number of hydrogen-bond acceptors (Lipinski definition) is 4. The summed E-state index contributed by atoms with van der Waals surface area (Å²) in [6.45, 7) is 0. The first-order valence-electron chi connectivity index (χ1n) is 5.75. The fourth-order valence-electron chi connectivity index (χ4n) is 1.84. The highest BCUT2D eigenvalue weighted by molar-refractivity contribution is 9.10. The number of nitrogens with two attached hydrogens (primary N) is 1. The molecule has 1 unspecified atom stereocenters. The van der Waals surface area contributed by atoms with Crippen molar-refractivity contribution in [2.75, 3.05) is 14.2 Å². The van der Waals surface area contributed by atoms with Crippen LogP contribution in [-0.4, -0.2) is 19.2 Å². The molecule has 0 saturated heterocycles. The highest BCUT2D eigenvalue weighted by atomic mass is 79.9. The molecule has 5 heteroatoms. The number of halogens is 1. The predicted molar refractivity (Wildman–Crippen MR) is 77.5 cm³/mol. The van der Waals surface area contributed by atoms with Gasteiger partial charge in [-0.3, -0.25) is 4.98 Å². The largest absolute Gasteiger partial charge is 0.496 e. The minimum absolute atomic E-state index is 0.349. The van der Waals surface area contributed by atoms with Crippen molar-refractivity contribution in [3.05, 3.63) is 52.3 Å². The van der Waals surface area contributed by atoms with E-state index in [0.717, 1.165) is 15.8 Å². The third-order valence-corrected chi connectivity index (χ3v) is 3.47. The first-order chi connectivity index (χ1) is 9.17. The molecule has 4 nitrogen and oxygen atoms in total. The molecule has 1 heterocycles. The van der Waals surface area contributed by atoms with E-state index in [1.807, 2.05) is 30.3 Å². The maximum Gasteiger partial charge on any atom is 0.142 e. The van der Waals surface area contributed by atoms with Crippen molar-refractivity contribution in [3.8, 4) is 11.5 Å². The highest BCUT2D eigenvalue weighted by Crippen LogP contribution is 2.31. The third-order valence-electron chi connectivity index (χ3n) is 2.85. The van der Waals surface area contributed by atoms with Gasteiger partial charge in [-0.15, -0.1) is 0 Å². The van der Waals surface area contributed by atoms with E-state index in [0.29, 0.717) is 11.4 Å². The second-order valence-corrected chi connectivity index (χ2v) is 4.82. The Morgan fingerprint density at radius 2 is 1.89 bits per heavy atom. The van der Waals surface area contributed by atoms with Crippen molar-refractivity contribution in [2.24, 2.45) is 5.73 Å². The molecule has 0 fully saturated rings. The van der Waals surface area contributed by atoms with E-state index >= 15 is 0 Å². The van der Waals surface area contributed by atoms with Gasteiger partial charge in [0.1, 0.15) is 17.2 Å². The van der Waals surface area contributed by atoms with Crippen LogP contribution in [0, 0.1) is 0 Å². The van der Waals surface area contributed by atoms with E-state index in [9.17, 15) is 0 Å². The van der Waals surface area contributed by atoms with Crippen LogP contribution in [0.25, 0.3) is 0 Å². The van der Waals surface area contributed by atoms with Gasteiger partial charge in [0.05, 0.1) is 24.7 Å². The molecule has 2 rings (SSSR count). The topological polar surface area (TPSA) is 57.4 Å². The molecule has 0 saturated carbocycles. The van der Waals surface area contributed by atoms with E-state index in [1.165, 1.54) is 0 Å². The van der Waals surface area contributed by atoms with Crippen LogP contribution >= 0.6 is 15.9 Å². The molecule has 0 bridgehead atoms. The average Bonchev–Trinajstić information content (AvgIpc) is 2.46. The molecular formula is C14H15BrN2O2. The molecular weight excluding hydrogens is 308 g/mol. The third kappa shape index (κ3) is 2.88. The molecule has 2 aromatic rings. The van der Waals surface area contributed by atoms with E-state index < -0.39 is 0 Å². The van der Waals surface area contributed by atoms with Gasteiger partial charge < -0.3 is 15.2 Å². The van der Waals surface area contributed by atoms with Crippen LogP contribution in [0.3, 0.4) is 0 Å². The molecule has 0 radical (unpaired) electrons. The Morgan fingerprint density at radius 1 is 1.16 bits per heavy atom. The minimum atomic E-state index is -0.349. The van der Waals surface area contributed by atoms with Crippen molar-refractivity contribution in [1.82, 2.24) is 4.98 Å². The van der Waals surface area contributed by atoms with Crippen molar-refractivity contribution in [2.45, 2.75) is 6.04 Å². The van der Waals surface area contributed by atoms with Crippen LogP contribution in [0.4, 0.5) is 0 Å². The number of ether oxygens (including phenoxy) is 2. The van der Waals surface area contributed by atoms with Gasteiger partial charge in [0, 0.05) is 6.20 Å². The van der Waals surface area contributed by atoms with Crippen LogP contribution < -0.4 is 15.2 Å². The summed E-state index contributed by atoms with van der Waals surface area (Å²) < 4.78 is 11.3.